The fraction of sp³-hybridized carbons (Fsp3) is 0.217. The Bertz CT molecular complexity index is 1390. The maximum Gasteiger partial charge on any atom is 0.233 e. The molecule has 0 fully saturated rings. The molecule has 0 saturated heterocycles. The first-order valence-corrected chi connectivity index (χ1v) is 12.5. The van der Waals surface area contributed by atoms with Crippen molar-refractivity contribution in [1.82, 2.24) is 14.5 Å². The van der Waals surface area contributed by atoms with E-state index in [0.717, 1.165) is 13.0 Å². The lowest BCUT2D eigenvalue weighted by atomic mass is 10.2. The van der Waals surface area contributed by atoms with E-state index in [1.54, 1.807) is 42.9 Å². The van der Waals surface area contributed by atoms with E-state index < -0.39 is 9.84 Å². The number of sulfone groups is 1. The van der Waals surface area contributed by atoms with E-state index in [9.17, 15) is 8.42 Å². The Hall–Kier alpha value is -3.50. The van der Waals surface area contributed by atoms with Crippen LogP contribution in [-0.4, -0.2) is 42.7 Å². The first-order valence-electron chi connectivity index (χ1n) is 10.6. The number of aryl methyl sites for hydroxylation is 1. The van der Waals surface area contributed by atoms with E-state index in [1.165, 1.54) is 12.1 Å². The molecule has 0 saturated carbocycles. The molecule has 0 atom stereocenters. The monoisotopic (exact) mass is 500 g/mol. The molecule has 3 heterocycles. The zero-order chi connectivity index (χ0) is 23.5. The van der Waals surface area contributed by atoms with E-state index >= 15 is 0 Å². The highest BCUT2D eigenvalue weighted by Crippen LogP contribution is 2.37. The Labute approximate surface area is 201 Å². The minimum absolute atomic E-state index is 0.0363. The number of aromatic nitrogens is 3. The highest BCUT2D eigenvalue weighted by atomic mass is 35.5. The molecule has 2 aromatic carbocycles. The van der Waals surface area contributed by atoms with Crippen molar-refractivity contribution >= 4 is 27.3 Å². The lowest BCUT2D eigenvalue weighted by Gasteiger charge is -2.18. The summed E-state index contributed by atoms with van der Waals surface area (Å²) in [6.45, 7) is 1.96. The number of nitrogens with zero attached hydrogens (tertiary/aromatic N) is 3. The van der Waals surface area contributed by atoms with Gasteiger partial charge in [-0.05, 0) is 42.8 Å². The molecule has 5 rings (SSSR count). The first-order chi connectivity index (χ1) is 16.5. The first kappa shape index (κ1) is 22.3. The molecule has 9 nitrogen and oxygen atoms in total. The molecule has 34 heavy (non-hydrogen) atoms. The summed E-state index contributed by atoms with van der Waals surface area (Å²) in [5.74, 6) is 1.13. The Balaban J connectivity index is 1.46. The Morgan fingerprint density at radius 2 is 1.85 bits per heavy atom. The molecule has 1 aliphatic heterocycles. The Morgan fingerprint density at radius 3 is 2.62 bits per heavy atom. The molecule has 0 amide bonds. The number of oxazole rings is 1. The summed E-state index contributed by atoms with van der Waals surface area (Å²) in [6, 6.07) is 11.3. The number of fused-ring (bicyclic) bond motifs is 1. The maximum atomic E-state index is 13.6. The zero-order valence-electron chi connectivity index (χ0n) is 18.0. The SMILES string of the molecule is O=S(=O)(c1ccc2c(c1)OCCO2)c1nc(-c2ccc(Cl)cc2)oc1NCCCn1ccnc1. The second-order valence-electron chi connectivity index (χ2n) is 7.55. The van der Waals surface area contributed by atoms with Crippen LogP contribution < -0.4 is 14.8 Å². The van der Waals surface area contributed by atoms with Crippen molar-refractivity contribution < 1.29 is 22.3 Å². The van der Waals surface area contributed by atoms with Crippen molar-refractivity contribution in [2.75, 3.05) is 25.1 Å². The molecular weight excluding hydrogens is 480 g/mol. The van der Waals surface area contributed by atoms with Gasteiger partial charge in [0.15, 0.2) is 11.5 Å². The molecule has 0 radical (unpaired) electrons. The second-order valence-corrected chi connectivity index (χ2v) is 9.85. The van der Waals surface area contributed by atoms with Gasteiger partial charge in [0.05, 0.1) is 11.2 Å². The van der Waals surface area contributed by atoms with Crippen molar-refractivity contribution in [2.45, 2.75) is 22.9 Å². The van der Waals surface area contributed by atoms with Gasteiger partial charge in [-0.3, -0.25) is 0 Å². The van der Waals surface area contributed by atoms with Crippen LogP contribution in [0.25, 0.3) is 11.5 Å². The van der Waals surface area contributed by atoms with Gasteiger partial charge in [-0.15, -0.1) is 0 Å². The zero-order valence-corrected chi connectivity index (χ0v) is 19.6. The van der Waals surface area contributed by atoms with Crippen molar-refractivity contribution in [1.29, 1.82) is 0 Å². The number of nitrogens with one attached hydrogen (secondary N) is 1. The minimum Gasteiger partial charge on any atom is -0.486 e. The van der Waals surface area contributed by atoms with Gasteiger partial charge < -0.3 is 23.8 Å². The van der Waals surface area contributed by atoms with E-state index in [2.05, 4.69) is 15.3 Å². The summed E-state index contributed by atoms with van der Waals surface area (Å²) < 4.78 is 46.0. The minimum atomic E-state index is -4.02. The molecule has 1 N–H and O–H groups in total. The Kier molecular flexibility index (Phi) is 6.16. The van der Waals surface area contributed by atoms with Crippen LogP contribution >= 0.6 is 11.6 Å². The van der Waals surface area contributed by atoms with Crippen LogP contribution in [0, 0.1) is 0 Å². The standard InChI is InChI=1S/C23H21ClN4O5S/c24-17-4-2-16(3-5-17)21-27-23(22(33-21)26-8-1-10-28-11-9-25-15-28)34(29,30)18-6-7-19-20(14-18)32-13-12-31-19/h2-7,9,11,14-15,26H,1,8,10,12-13H2. The third-order valence-corrected chi connectivity index (χ3v) is 7.12. The van der Waals surface area contributed by atoms with Crippen LogP contribution in [0.4, 0.5) is 5.88 Å². The van der Waals surface area contributed by atoms with Crippen LogP contribution in [0.15, 0.2) is 75.5 Å². The summed E-state index contributed by atoms with van der Waals surface area (Å²) in [5, 5.41) is 3.45. The topological polar surface area (TPSA) is 108 Å². The third-order valence-electron chi connectivity index (χ3n) is 5.20. The number of benzene rings is 2. The maximum absolute atomic E-state index is 13.6. The predicted octanol–water partition coefficient (Wildman–Crippen LogP) is 4.30. The fourth-order valence-electron chi connectivity index (χ4n) is 3.50. The number of anilines is 1. The molecule has 11 heteroatoms. The number of rotatable bonds is 8. The lowest BCUT2D eigenvalue weighted by molar-refractivity contribution is 0.171. The summed E-state index contributed by atoms with van der Waals surface area (Å²) in [7, 11) is -4.02. The van der Waals surface area contributed by atoms with Gasteiger partial charge in [0.25, 0.3) is 0 Å². The normalized spacial score (nSPS) is 13.1. The van der Waals surface area contributed by atoms with Crippen LogP contribution in [-0.2, 0) is 16.4 Å². The average Bonchev–Trinajstić information content (AvgIpc) is 3.52. The molecule has 0 aliphatic carbocycles. The number of imidazole rings is 1. The summed E-state index contributed by atoms with van der Waals surface area (Å²) in [6.07, 6.45) is 6.02. The van der Waals surface area contributed by atoms with Gasteiger partial charge >= 0.3 is 0 Å². The largest absolute Gasteiger partial charge is 0.486 e. The molecular formula is C23H21ClN4O5S. The quantitative estimate of drug-likeness (QED) is 0.357. The smallest absolute Gasteiger partial charge is 0.233 e. The van der Waals surface area contributed by atoms with Crippen molar-refractivity contribution in [3.05, 3.63) is 66.2 Å². The summed E-state index contributed by atoms with van der Waals surface area (Å²) in [4.78, 5) is 8.41. The van der Waals surface area contributed by atoms with Crippen molar-refractivity contribution in [2.24, 2.45) is 0 Å². The van der Waals surface area contributed by atoms with Gasteiger partial charge in [0, 0.05) is 42.1 Å². The third kappa shape index (κ3) is 4.59. The average molecular weight is 501 g/mol. The van der Waals surface area contributed by atoms with Crippen LogP contribution in [0.1, 0.15) is 6.42 Å². The number of hydrogen-bond acceptors (Lipinski definition) is 8. The molecule has 4 aromatic rings. The highest BCUT2D eigenvalue weighted by molar-refractivity contribution is 7.91. The second kappa shape index (κ2) is 9.40. The predicted molar refractivity (Wildman–Crippen MR) is 125 cm³/mol. The van der Waals surface area contributed by atoms with Crippen LogP contribution in [0.3, 0.4) is 0 Å². The molecule has 0 unspecified atom stereocenters. The van der Waals surface area contributed by atoms with Gasteiger partial charge in [-0.25, -0.2) is 13.4 Å². The van der Waals surface area contributed by atoms with E-state index in [0.29, 0.717) is 41.8 Å². The van der Waals surface area contributed by atoms with E-state index in [-0.39, 0.29) is 21.7 Å². The molecule has 0 bridgehead atoms. The number of hydrogen-bond donors (Lipinski definition) is 1. The molecule has 0 spiro atoms. The van der Waals surface area contributed by atoms with Crippen LogP contribution in [0.5, 0.6) is 11.5 Å². The lowest BCUT2D eigenvalue weighted by Crippen LogP contribution is -2.16. The summed E-state index contributed by atoms with van der Waals surface area (Å²) in [5.41, 5.74) is 0.606. The van der Waals surface area contributed by atoms with Gasteiger partial charge in [-0.2, -0.15) is 4.98 Å². The Morgan fingerprint density at radius 1 is 1.06 bits per heavy atom. The van der Waals surface area contributed by atoms with E-state index in [4.69, 9.17) is 25.5 Å². The summed E-state index contributed by atoms with van der Waals surface area (Å²) >= 11 is 5.99. The fourth-order valence-corrected chi connectivity index (χ4v) is 4.92. The van der Waals surface area contributed by atoms with Crippen molar-refractivity contribution in [3.8, 4) is 23.0 Å². The molecule has 1 aliphatic rings. The van der Waals surface area contributed by atoms with Gasteiger partial charge in [-0.1, -0.05) is 11.6 Å². The molecule has 2 aromatic heterocycles. The van der Waals surface area contributed by atoms with Crippen LogP contribution in [0.2, 0.25) is 5.02 Å². The highest BCUT2D eigenvalue weighted by Gasteiger charge is 2.30. The number of ether oxygens (including phenoxy) is 2. The van der Waals surface area contributed by atoms with Crippen molar-refractivity contribution in [3.63, 3.8) is 0 Å². The number of halogens is 1. The van der Waals surface area contributed by atoms with Gasteiger partial charge in [0.1, 0.15) is 13.2 Å². The van der Waals surface area contributed by atoms with Gasteiger partial charge in [0.2, 0.25) is 26.6 Å². The van der Waals surface area contributed by atoms with E-state index in [1.807, 2.05) is 10.8 Å². The molecule has 176 valence electrons.